The fourth-order valence-electron chi connectivity index (χ4n) is 2.75. The molecule has 108 valence electrons. The highest BCUT2D eigenvalue weighted by Crippen LogP contribution is 2.28. The molecule has 2 nitrogen and oxygen atoms in total. The van der Waals surface area contributed by atoms with Gasteiger partial charge in [0.25, 0.3) is 0 Å². The molecule has 1 aromatic heterocycles. The maximum absolute atomic E-state index is 13.5. The van der Waals surface area contributed by atoms with Crippen LogP contribution in [0.5, 0.6) is 0 Å². The molecule has 0 saturated heterocycles. The summed E-state index contributed by atoms with van der Waals surface area (Å²) < 4.78 is 15.6. The van der Waals surface area contributed by atoms with Crippen LogP contribution in [0.1, 0.15) is 29.9 Å². The van der Waals surface area contributed by atoms with Crippen molar-refractivity contribution in [1.29, 1.82) is 0 Å². The van der Waals surface area contributed by atoms with Crippen molar-refractivity contribution >= 4 is 22.6 Å². The topological polar surface area (TPSA) is 17.8 Å². The lowest BCUT2D eigenvalue weighted by atomic mass is 10.1. The van der Waals surface area contributed by atoms with Crippen molar-refractivity contribution in [1.82, 2.24) is 9.55 Å². The van der Waals surface area contributed by atoms with E-state index in [-0.39, 0.29) is 11.9 Å². The van der Waals surface area contributed by atoms with Gasteiger partial charge in [-0.25, -0.2) is 9.37 Å². The number of nitrogens with zero attached hydrogens (tertiary/aromatic N) is 2. The van der Waals surface area contributed by atoms with Crippen LogP contribution in [-0.4, -0.2) is 9.55 Å². The average molecular weight is 303 g/mol. The van der Waals surface area contributed by atoms with E-state index in [2.05, 4.69) is 9.55 Å². The largest absolute Gasteiger partial charge is 0.320 e. The third kappa shape index (κ3) is 2.42. The van der Waals surface area contributed by atoms with Crippen molar-refractivity contribution in [3.8, 4) is 0 Å². The number of hydrogen-bond acceptors (Lipinski definition) is 1. The van der Waals surface area contributed by atoms with Gasteiger partial charge in [0.2, 0.25) is 0 Å². The van der Waals surface area contributed by atoms with Crippen LogP contribution < -0.4 is 0 Å². The number of rotatable bonds is 3. The molecule has 0 fully saturated rings. The number of imidazole rings is 1. The van der Waals surface area contributed by atoms with Crippen molar-refractivity contribution in [3.63, 3.8) is 0 Å². The highest BCUT2D eigenvalue weighted by atomic mass is 35.5. The second-order valence-electron chi connectivity index (χ2n) is 5.21. The van der Waals surface area contributed by atoms with Gasteiger partial charge in [0.05, 0.1) is 23.0 Å². The Morgan fingerprint density at radius 2 is 2.00 bits per heavy atom. The van der Waals surface area contributed by atoms with Gasteiger partial charge in [-0.1, -0.05) is 24.3 Å². The van der Waals surface area contributed by atoms with Crippen LogP contribution in [-0.2, 0) is 5.88 Å². The van der Waals surface area contributed by atoms with Gasteiger partial charge in [-0.2, -0.15) is 0 Å². The molecule has 0 saturated carbocycles. The minimum Gasteiger partial charge on any atom is -0.320 e. The third-order valence-corrected chi connectivity index (χ3v) is 4.07. The molecule has 1 unspecified atom stereocenters. The predicted octanol–water partition coefficient (Wildman–Crippen LogP) is 4.83. The smallest absolute Gasteiger partial charge is 0.125 e. The molecule has 0 N–H and O–H groups in total. The molecule has 4 heteroatoms. The van der Waals surface area contributed by atoms with E-state index in [0.29, 0.717) is 5.88 Å². The van der Waals surface area contributed by atoms with Crippen LogP contribution in [0, 0.1) is 12.7 Å². The molecular weight excluding hydrogens is 287 g/mol. The van der Waals surface area contributed by atoms with Gasteiger partial charge >= 0.3 is 0 Å². The Balaban J connectivity index is 2.21. The van der Waals surface area contributed by atoms with Crippen LogP contribution in [0.2, 0.25) is 0 Å². The van der Waals surface area contributed by atoms with E-state index in [4.69, 9.17) is 11.6 Å². The van der Waals surface area contributed by atoms with E-state index in [1.807, 2.05) is 38.1 Å². The summed E-state index contributed by atoms with van der Waals surface area (Å²) in [6.07, 6.45) is 0. The fraction of sp³-hybridized carbons (Fsp3) is 0.235. The number of alkyl halides is 1. The number of halogens is 2. The summed E-state index contributed by atoms with van der Waals surface area (Å²) in [5.74, 6) is 0.901. The number of aromatic nitrogens is 2. The lowest BCUT2D eigenvalue weighted by molar-refractivity contribution is 0.603. The van der Waals surface area contributed by atoms with Crippen LogP contribution in [0.15, 0.2) is 42.5 Å². The summed E-state index contributed by atoms with van der Waals surface area (Å²) in [6, 6.07) is 12.7. The van der Waals surface area contributed by atoms with Gasteiger partial charge in [0.1, 0.15) is 11.6 Å². The maximum atomic E-state index is 13.5. The Hall–Kier alpha value is -1.87. The summed E-state index contributed by atoms with van der Waals surface area (Å²) in [5, 5.41) is 0. The molecule has 3 aromatic rings. The molecule has 0 aliphatic carbocycles. The molecule has 0 aliphatic rings. The number of hydrogen-bond donors (Lipinski definition) is 0. The summed E-state index contributed by atoms with van der Waals surface area (Å²) >= 11 is 6.06. The Bertz CT molecular complexity index is 795. The SMILES string of the molecule is Cc1cccc2c1nc(CCl)n2C(C)c1cccc(F)c1. The second kappa shape index (κ2) is 5.49. The number of aryl methyl sites for hydroxylation is 1. The Morgan fingerprint density at radius 3 is 2.71 bits per heavy atom. The van der Waals surface area contributed by atoms with Gasteiger partial charge < -0.3 is 4.57 Å². The van der Waals surface area contributed by atoms with Gasteiger partial charge in [0, 0.05) is 0 Å². The quantitative estimate of drug-likeness (QED) is 0.634. The van der Waals surface area contributed by atoms with Gasteiger partial charge in [-0.05, 0) is 43.2 Å². The molecule has 0 radical (unpaired) electrons. The molecule has 0 bridgehead atoms. The minimum atomic E-state index is -0.229. The molecule has 1 heterocycles. The number of benzene rings is 2. The highest BCUT2D eigenvalue weighted by molar-refractivity contribution is 6.16. The standard InChI is InChI=1S/C17H16ClFN2/c1-11-5-3-8-15-17(11)20-16(10-18)21(15)12(2)13-6-4-7-14(19)9-13/h3-9,12H,10H2,1-2H3. The molecule has 2 aromatic carbocycles. The monoisotopic (exact) mass is 302 g/mol. The first-order valence-electron chi connectivity index (χ1n) is 6.89. The van der Waals surface area contributed by atoms with Crippen molar-refractivity contribution in [2.75, 3.05) is 0 Å². The maximum Gasteiger partial charge on any atom is 0.125 e. The van der Waals surface area contributed by atoms with Gasteiger partial charge in [0.15, 0.2) is 0 Å². The molecule has 3 rings (SSSR count). The van der Waals surface area contributed by atoms with E-state index in [9.17, 15) is 4.39 Å². The Labute approximate surface area is 128 Å². The molecular formula is C17H16ClFN2. The fourth-order valence-corrected chi connectivity index (χ4v) is 2.94. The molecule has 1 atom stereocenters. The zero-order valence-corrected chi connectivity index (χ0v) is 12.7. The predicted molar refractivity (Wildman–Crippen MR) is 84.2 cm³/mol. The normalized spacial score (nSPS) is 12.8. The van der Waals surface area contributed by atoms with Crippen LogP contribution in [0.4, 0.5) is 4.39 Å². The second-order valence-corrected chi connectivity index (χ2v) is 5.47. The average Bonchev–Trinajstić information content (AvgIpc) is 2.86. The first-order valence-corrected chi connectivity index (χ1v) is 7.43. The lowest BCUT2D eigenvalue weighted by Gasteiger charge is -2.17. The van der Waals surface area contributed by atoms with Crippen molar-refractivity contribution < 1.29 is 4.39 Å². The Kier molecular flexibility index (Phi) is 3.68. The van der Waals surface area contributed by atoms with Gasteiger partial charge in [-0.15, -0.1) is 11.6 Å². The molecule has 0 spiro atoms. The summed E-state index contributed by atoms with van der Waals surface area (Å²) in [4.78, 5) is 4.64. The molecule has 0 amide bonds. The summed E-state index contributed by atoms with van der Waals surface area (Å²) in [5.41, 5.74) is 4.00. The van der Waals surface area contributed by atoms with Crippen molar-refractivity contribution in [2.45, 2.75) is 25.8 Å². The number of para-hydroxylation sites is 1. The van der Waals surface area contributed by atoms with E-state index < -0.39 is 0 Å². The molecule has 21 heavy (non-hydrogen) atoms. The van der Waals surface area contributed by atoms with Crippen molar-refractivity contribution in [2.24, 2.45) is 0 Å². The van der Waals surface area contributed by atoms with E-state index in [0.717, 1.165) is 28.0 Å². The summed E-state index contributed by atoms with van der Waals surface area (Å²) in [6.45, 7) is 4.07. The third-order valence-electron chi connectivity index (χ3n) is 3.83. The minimum absolute atomic E-state index is 0.0266. The van der Waals surface area contributed by atoms with E-state index in [1.165, 1.54) is 6.07 Å². The van der Waals surface area contributed by atoms with Crippen LogP contribution in [0.25, 0.3) is 11.0 Å². The van der Waals surface area contributed by atoms with Gasteiger partial charge in [-0.3, -0.25) is 0 Å². The first kappa shape index (κ1) is 14.1. The molecule has 0 aliphatic heterocycles. The zero-order valence-electron chi connectivity index (χ0n) is 12.0. The lowest BCUT2D eigenvalue weighted by Crippen LogP contribution is -2.10. The van der Waals surface area contributed by atoms with E-state index >= 15 is 0 Å². The van der Waals surface area contributed by atoms with Crippen molar-refractivity contribution in [3.05, 3.63) is 65.2 Å². The first-order chi connectivity index (χ1) is 10.1. The Morgan fingerprint density at radius 1 is 1.24 bits per heavy atom. The van der Waals surface area contributed by atoms with Crippen LogP contribution in [0.3, 0.4) is 0 Å². The summed E-state index contributed by atoms with van der Waals surface area (Å²) in [7, 11) is 0. The number of fused-ring (bicyclic) bond motifs is 1. The zero-order chi connectivity index (χ0) is 15.0. The van der Waals surface area contributed by atoms with Crippen LogP contribution >= 0.6 is 11.6 Å². The van der Waals surface area contributed by atoms with E-state index in [1.54, 1.807) is 12.1 Å². The highest BCUT2D eigenvalue weighted by Gasteiger charge is 2.17.